The van der Waals surface area contributed by atoms with Crippen molar-refractivity contribution in [2.75, 3.05) is 7.11 Å². The van der Waals surface area contributed by atoms with E-state index in [-0.39, 0.29) is 0 Å². The lowest BCUT2D eigenvalue weighted by Gasteiger charge is -2.03. The number of rotatable bonds is 2. The van der Waals surface area contributed by atoms with E-state index in [0.717, 1.165) is 19.2 Å². The molecule has 0 N–H and O–H groups in total. The van der Waals surface area contributed by atoms with E-state index in [9.17, 15) is 13.6 Å². The first-order chi connectivity index (χ1) is 7.10. The summed E-state index contributed by atoms with van der Waals surface area (Å²) in [6.07, 6.45) is 3.18. The van der Waals surface area contributed by atoms with E-state index in [1.807, 2.05) is 0 Å². The number of carbonyl (C=O) groups is 1. The van der Waals surface area contributed by atoms with Crippen LogP contribution in [0, 0.1) is 11.6 Å². The summed E-state index contributed by atoms with van der Waals surface area (Å²) in [6, 6.07) is 2.16. The molecule has 0 aliphatic rings. The molecule has 0 saturated heterocycles. The van der Waals surface area contributed by atoms with Crippen molar-refractivity contribution < 1.29 is 18.3 Å². The molecular formula is C11H10F2O2. The van der Waals surface area contributed by atoms with Crippen LogP contribution in [0.25, 0.3) is 6.08 Å². The predicted octanol–water partition coefficient (Wildman–Crippen LogP) is 2.78. The molecule has 0 spiro atoms. The zero-order chi connectivity index (χ0) is 11.4. The van der Waals surface area contributed by atoms with Gasteiger partial charge >= 0.3 is 5.97 Å². The summed E-state index contributed by atoms with van der Waals surface area (Å²) in [6.45, 7) is 1.73. The van der Waals surface area contributed by atoms with Crippen molar-refractivity contribution in [3.05, 3.63) is 41.0 Å². The monoisotopic (exact) mass is 212 g/mol. The summed E-state index contributed by atoms with van der Waals surface area (Å²) in [5.41, 5.74) is -0.300. The van der Waals surface area contributed by atoms with Gasteiger partial charge in [-0.2, -0.15) is 0 Å². The zero-order valence-electron chi connectivity index (χ0n) is 8.38. The van der Waals surface area contributed by atoms with E-state index < -0.39 is 23.2 Å². The second-order valence-corrected chi connectivity index (χ2v) is 2.85. The van der Waals surface area contributed by atoms with Gasteiger partial charge in [0.05, 0.1) is 7.11 Å². The maximum Gasteiger partial charge on any atom is 0.343 e. The third kappa shape index (κ3) is 2.40. The first kappa shape index (κ1) is 11.4. The fourth-order valence-corrected chi connectivity index (χ4v) is 1.18. The molecule has 0 bridgehead atoms. The van der Waals surface area contributed by atoms with Crippen LogP contribution in [-0.4, -0.2) is 13.1 Å². The highest BCUT2D eigenvalue weighted by Gasteiger charge is 2.18. The van der Waals surface area contributed by atoms with E-state index in [2.05, 4.69) is 4.74 Å². The van der Waals surface area contributed by atoms with Gasteiger partial charge < -0.3 is 4.74 Å². The minimum absolute atomic E-state index is 0.361. The molecule has 0 atom stereocenters. The number of hydrogen-bond donors (Lipinski definition) is 0. The molecule has 15 heavy (non-hydrogen) atoms. The van der Waals surface area contributed by atoms with Gasteiger partial charge in [-0.3, -0.25) is 0 Å². The van der Waals surface area contributed by atoms with Crippen LogP contribution < -0.4 is 0 Å². The smallest absolute Gasteiger partial charge is 0.343 e. The third-order valence-electron chi connectivity index (χ3n) is 1.81. The largest absolute Gasteiger partial charge is 0.465 e. The van der Waals surface area contributed by atoms with Gasteiger partial charge in [0.2, 0.25) is 0 Å². The minimum atomic E-state index is -1.02. The van der Waals surface area contributed by atoms with Crippen LogP contribution in [0.5, 0.6) is 0 Å². The first-order valence-corrected chi connectivity index (χ1v) is 4.30. The van der Waals surface area contributed by atoms with Crippen molar-refractivity contribution in [2.45, 2.75) is 6.92 Å². The summed E-state index contributed by atoms with van der Waals surface area (Å²) in [5, 5.41) is 0. The summed E-state index contributed by atoms with van der Waals surface area (Å²) in [4.78, 5) is 11.0. The summed E-state index contributed by atoms with van der Waals surface area (Å²) < 4.78 is 30.9. The van der Waals surface area contributed by atoms with Gasteiger partial charge in [0, 0.05) is 0 Å². The van der Waals surface area contributed by atoms with Crippen LogP contribution in [0.3, 0.4) is 0 Å². The molecule has 0 fully saturated rings. The molecule has 1 rings (SSSR count). The third-order valence-corrected chi connectivity index (χ3v) is 1.81. The fraction of sp³-hybridized carbons (Fsp3) is 0.182. The molecule has 1 aromatic carbocycles. The highest BCUT2D eigenvalue weighted by Crippen LogP contribution is 2.17. The van der Waals surface area contributed by atoms with Crippen molar-refractivity contribution in [1.29, 1.82) is 0 Å². The second kappa shape index (κ2) is 4.68. The predicted molar refractivity (Wildman–Crippen MR) is 52.4 cm³/mol. The quantitative estimate of drug-likeness (QED) is 0.704. The van der Waals surface area contributed by atoms with Gasteiger partial charge in [0.1, 0.15) is 17.2 Å². The average Bonchev–Trinajstić information content (AvgIpc) is 2.16. The van der Waals surface area contributed by atoms with Gasteiger partial charge in [0.25, 0.3) is 0 Å². The Balaban J connectivity index is 3.27. The van der Waals surface area contributed by atoms with Crippen molar-refractivity contribution >= 4 is 12.0 Å². The Bertz CT molecular complexity index is 388. The van der Waals surface area contributed by atoms with Crippen LogP contribution in [0.1, 0.15) is 22.8 Å². The van der Waals surface area contributed by atoms with E-state index in [1.165, 1.54) is 6.08 Å². The van der Waals surface area contributed by atoms with Crippen molar-refractivity contribution in [3.8, 4) is 0 Å². The molecular weight excluding hydrogens is 202 g/mol. The van der Waals surface area contributed by atoms with E-state index in [1.54, 1.807) is 13.0 Å². The Labute approximate surface area is 86.2 Å². The highest BCUT2D eigenvalue weighted by molar-refractivity contribution is 5.90. The van der Waals surface area contributed by atoms with Crippen LogP contribution >= 0.6 is 0 Å². The number of esters is 1. The standard InChI is InChI=1S/C11H10F2O2/c1-3-4-7-5-8(12)10(9(13)6-7)11(14)15-2/h3-6H,1-2H3. The van der Waals surface area contributed by atoms with Crippen LogP contribution in [0.15, 0.2) is 18.2 Å². The molecule has 2 nitrogen and oxygen atoms in total. The molecule has 0 aliphatic carbocycles. The second-order valence-electron chi connectivity index (χ2n) is 2.85. The molecule has 0 aromatic heterocycles. The Morgan fingerprint density at radius 3 is 2.27 bits per heavy atom. The van der Waals surface area contributed by atoms with Crippen molar-refractivity contribution in [3.63, 3.8) is 0 Å². The van der Waals surface area contributed by atoms with E-state index >= 15 is 0 Å². The Morgan fingerprint density at radius 2 is 1.87 bits per heavy atom. The Morgan fingerprint density at radius 1 is 1.33 bits per heavy atom. The van der Waals surface area contributed by atoms with Gasteiger partial charge in [-0.05, 0) is 24.6 Å². The van der Waals surface area contributed by atoms with Crippen LogP contribution in [-0.2, 0) is 4.74 Å². The molecule has 4 heteroatoms. The molecule has 0 heterocycles. The summed E-state index contributed by atoms with van der Waals surface area (Å²) >= 11 is 0. The highest BCUT2D eigenvalue weighted by atomic mass is 19.1. The Kier molecular flexibility index (Phi) is 3.55. The lowest BCUT2D eigenvalue weighted by molar-refractivity contribution is 0.0590. The molecule has 1 aromatic rings. The van der Waals surface area contributed by atoms with Crippen molar-refractivity contribution in [2.24, 2.45) is 0 Å². The lowest BCUT2D eigenvalue weighted by atomic mass is 10.1. The lowest BCUT2D eigenvalue weighted by Crippen LogP contribution is -2.08. The van der Waals surface area contributed by atoms with Gasteiger partial charge in [-0.15, -0.1) is 0 Å². The van der Waals surface area contributed by atoms with Crippen LogP contribution in [0.4, 0.5) is 8.78 Å². The van der Waals surface area contributed by atoms with Crippen LogP contribution in [0.2, 0.25) is 0 Å². The number of carbonyl (C=O) groups excluding carboxylic acids is 1. The topological polar surface area (TPSA) is 26.3 Å². The zero-order valence-corrected chi connectivity index (χ0v) is 8.38. The number of hydrogen-bond acceptors (Lipinski definition) is 2. The normalized spacial score (nSPS) is 10.7. The molecule has 0 amide bonds. The molecule has 0 unspecified atom stereocenters. The molecule has 0 radical (unpaired) electrons. The number of methoxy groups -OCH3 is 1. The number of allylic oxidation sites excluding steroid dienone is 1. The number of ether oxygens (including phenoxy) is 1. The summed E-state index contributed by atoms with van der Waals surface area (Å²) in [7, 11) is 1.07. The van der Waals surface area contributed by atoms with E-state index in [4.69, 9.17) is 0 Å². The minimum Gasteiger partial charge on any atom is -0.465 e. The molecule has 80 valence electrons. The number of halogens is 2. The van der Waals surface area contributed by atoms with Crippen molar-refractivity contribution in [1.82, 2.24) is 0 Å². The number of benzene rings is 1. The SMILES string of the molecule is CC=Cc1cc(F)c(C(=O)OC)c(F)c1. The average molecular weight is 212 g/mol. The maximum absolute atomic E-state index is 13.3. The fourth-order valence-electron chi connectivity index (χ4n) is 1.18. The molecule has 0 saturated carbocycles. The summed E-state index contributed by atoms with van der Waals surface area (Å²) in [5.74, 6) is -2.86. The van der Waals surface area contributed by atoms with E-state index in [0.29, 0.717) is 5.56 Å². The molecule has 0 aliphatic heterocycles. The maximum atomic E-state index is 13.3. The van der Waals surface area contributed by atoms with Gasteiger partial charge in [-0.1, -0.05) is 12.2 Å². The van der Waals surface area contributed by atoms with Gasteiger partial charge in [0.15, 0.2) is 0 Å². The van der Waals surface area contributed by atoms with Gasteiger partial charge in [-0.25, -0.2) is 13.6 Å². The Hall–Kier alpha value is -1.71. The first-order valence-electron chi connectivity index (χ1n) is 4.30.